The fourth-order valence-electron chi connectivity index (χ4n) is 4.97. The molecule has 2 aliphatic rings. The summed E-state index contributed by atoms with van der Waals surface area (Å²) in [5.74, 6) is 2.01. The van der Waals surface area contributed by atoms with Crippen molar-refractivity contribution in [3.8, 4) is 5.75 Å². The van der Waals surface area contributed by atoms with E-state index in [9.17, 15) is 4.79 Å². The number of furan rings is 1. The monoisotopic (exact) mass is 468 g/mol. The Morgan fingerprint density at radius 3 is 2.79 bits per heavy atom. The van der Waals surface area contributed by atoms with Crippen molar-refractivity contribution in [2.45, 2.75) is 44.7 Å². The molecule has 2 aromatic heterocycles. The number of piperidine rings is 2. The van der Waals surface area contributed by atoms with Gasteiger partial charge in [0.1, 0.15) is 11.5 Å². The number of aromatic nitrogens is 2. The summed E-state index contributed by atoms with van der Waals surface area (Å²) in [5, 5.41) is 7.54. The van der Waals surface area contributed by atoms with Gasteiger partial charge in [0, 0.05) is 23.8 Å². The standard InChI is InChI=1S/C25H29ClN4O3/c26-19-14-27-30(15-19)16-22-10-11-24(33-22)25(31)28-20-6-8-21(9-7-20)32-17-18-4-3-13-29-12-2-1-5-23(18)29/h6-11,14-15,18,23H,1-5,12-13,16-17H2,(H,28,31)/t18-,23+/m0/s1. The van der Waals surface area contributed by atoms with Crippen LogP contribution in [0.15, 0.2) is 53.2 Å². The molecule has 1 aromatic carbocycles. The van der Waals surface area contributed by atoms with Crippen molar-refractivity contribution in [1.29, 1.82) is 0 Å². The maximum Gasteiger partial charge on any atom is 0.291 e. The summed E-state index contributed by atoms with van der Waals surface area (Å²) in [6, 6.07) is 11.6. The first-order chi connectivity index (χ1) is 16.1. The molecular formula is C25H29ClN4O3. The summed E-state index contributed by atoms with van der Waals surface area (Å²) in [5.41, 5.74) is 0.695. The van der Waals surface area contributed by atoms with Crippen molar-refractivity contribution in [2.75, 3.05) is 25.0 Å². The second-order valence-electron chi connectivity index (χ2n) is 8.91. The van der Waals surface area contributed by atoms with Gasteiger partial charge in [0.2, 0.25) is 0 Å². The molecule has 1 amide bonds. The van der Waals surface area contributed by atoms with Gasteiger partial charge < -0.3 is 14.5 Å². The Labute approximate surface area is 198 Å². The average molecular weight is 469 g/mol. The van der Waals surface area contributed by atoms with E-state index in [1.54, 1.807) is 29.2 Å². The summed E-state index contributed by atoms with van der Waals surface area (Å²) in [4.78, 5) is 15.2. The van der Waals surface area contributed by atoms with E-state index >= 15 is 0 Å². The minimum absolute atomic E-state index is 0.248. The van der Waals surface area contributed by atoms with E-state index in [1.807, 2.05) is 24.3 Å². The number of rotatable bonds is 7. The van der Waals surface area contributed by atoms with Gasteiger partial charge in [-0.05, 0) is 75.2 Å². The highest BCUT2D eigenvalue weighted by atomic mass is 35.5. The van der Waals surface area contributed by atoms with Gasteiger partial charge in [0.05, 0.1) is 24.4 Å². The molecule has 0 aliphatic carbocycles. The number of nitrogens with zero attached hydrogens (tertiary/aromatic N) is 3. The van der Waals surface area contributed by atoms with Crippen LogP contribution in [-0.4, -0.2) is 46.3 Å². The molecule has 0 unspecified atom stereocenters. The maximum absolute atomic E-state index is 12.6. The molecule has 2 atom stereocenters. The second-order valence-corrected chi connectivity index (χ2v) is 9.35. The molecule has 3 aromatic rings. The fourth-order valence-corrected chi connectivity index (χ4v) is 5.13. The summed E-state index contributed by atoms with van der Waals surface area (Å²) in [6.07, 6.45) is 9.73. The number of ether oxygens (including phenoxy) is 1. The first-order valence-corrected chi connectivity index (χ1v) is 12.1. The zero-order valence-corrected chi connectivity index (χ0v) is 19.3. The number of carbonyl (C=O) groups is 1. The zero-order chi connectivity index (χ0) is 22.6. The second kappa shape index (κ2) is 10.0. The lowest BCUT2D eigenvalue weighted by atomic mass is 9.84. The molecule has 33 heavy (non-hydrogen) atoms. The molecule has 0 bridgehead atoms. The molecule has 7 nitrogen and oxygen atoms in total. The fraction of sp³-hybridized carbons (Fsp3) is 0.440. The van der Waals surface area contributed by atoms with Crippen LogP contribution < -0.4 is 10.1 Å². The molecule has 2 fully saturated rings. The summed E-state index contributed by atoms with van der Waals surface area (Å²) < 4.78 is 13.4. The summed E-state index contributed by atoms with van der Waals surface area (Å²) in [6.45, 7) is 3.64. The van der Waals surface area contributed by atoms with Gasteiger partial charge in [-0.1, -0.05) is 18.0 Å². The van der Waals surface area contributed by atoms with Crippen molar-refractivity contribution in [3.63, 3.8) is 0 Å². The number of fused-ring (bicyclic) bond motifs is 1. The molecule has 2 saturated heterocycles. The minimum Gasteiger partial charge on any atom is -0.493 e. The topological polar surface area (TPSA) is 72.5 Å². The molecule has 0 saturated carbocycles. The predicted molar refractivity (Wildman–Crippen MR) is 127 cm³/mol. The van der Waals surface area contributed by atoms with Gasteiger partial charge >= 0.3 is 0 Å². The molecule has 1 N–H and O–H groups in total. The molecule has 8 heteroatoms. The van der Waals surface area contributed by atoms with E-state index in [4.69, 9.17) is 20.8 Å². The van der Waals surface area contributed by atoms with Crippen LogP contribution in [0.3, 0.4) is 0 Å². The van der Waals surface area contributed by atoms with Crippen LogP contribution in [0.25, 0.3) is 0 Å². The Balaban J connectivity index is 1.13. The molecule has 5 rings (SSSR count). The molecule has 2 aliphatic heterocycles. The third-order valence-electron chi connectivity index (χ3n) is 6.61. The minimum atomic E-state index is -0.298. The molecule has 0 spiro atoms. The Morgan fingerprint density at radius 2 is 1.97 bits per heavy atom. The van der Waals surface area contributed by atoms with Gasteiger partial charge in [-0.2, -0.15) is 5.10 Å². The quantitative estimate of drug-likeness (QED) is 0.524. The van der Waals surface area contributed by atoms with Crippen LogP contribution >= 0.6 is 11.6 Å². The van der Waals surface area contributed by atoms with Crippen LogP contribution in [0.5, 0.6) is 5.75 Å². The van der Waals surface area contributed by atoms with E-state index in [1.165, 1.54) is 45.2 Å². The lowest BCUT2D eigenvalue weighted by Crippen LogP contribution is -2.49. The van der Waals surface area contributed by atoms with E-state index in [0.29, 0.717) is 35.0 Å². The number of anilines is 1. The Kier molecular flexibility index (Phi) is 6.69. The van der Waals surface area contributed by atoms with Crippen LogP contribution in [0.1, 0.15) is 48.4 Å². The van der Waals surface area contributed by atoms with E-state index in [-0.39, 0.29) is 11.7 Å². The maximum atomic E-state index is 12.6. The summed E-state index contributed by atoms with van der Waals surface area (Å²) >= 11 is 5.88. The highest BCUT2D eigenvalue weighted by Crippen LogP contribution is 2.31. The van der Waals surface area contributed by atoms with Crippen molar-refractivity contribution in [3.05, 3.63) is 65.3 Å². The lowest BCUT2D eigenvalue weighted by Gasteiger charge is -2.44. The third kappa shape index (κ3) is 5.42. The smallest absolute Gasteiger partial charge is 0.291 e. The van der Waals surface area contributed by atoms with Crippen molar-refractivity contribution in [2.24, 2.45) is 5.92 Å². The number of benzene rings is 1. The van der Waals surface area contributed by atoms with Gasteiger partial charge in [0.15, 0.2) is 5.76 Å². The van der Waals surface area contributed by atoms with Crippen LogP contribution in [0, 0.1) is 5.92 Å². The van der Waals surface area contributed by atoms with Crippen molar-refractivity contribution in [1.82, 2.24) is 14.7 Å². The van der Waals surface area contributed by atoms with Crippen molar-refractivity contribution >= 4 is 23.2 Å². The number of amides is 1. The van der Waals surface area contributed by atoms with Crippen LogP contribution in [0.4, 0.5) is 5.69 Å². The predicted octanol–water partition coefficient (Wildman–Crippen LogP) is 5.07. The normalized spacial score (nSPS) is 20.9. The molecule has 4 heterocycles. The van der Waals surface area contributed by atoms with E-state index in [2.05, 4.69) is 15.3 Å². The molecule has 174 valence electrons. The molecular weight excluding hydrogens is 440 g/mol. The zero-order valence-electron chi connectivity index (χ0n) is 18.6. The number of nitrogens with one attached hydrogen (secondary N) is 1. The van der Waals surface area contributed by atoms with Gasteiger partial charge in [-0.3, -0.25) is 14.4 Å². The Morgan fingerprint density at radius 1 is 1.12 bits per heavy atom. The van der Waals surface area contributed by atoms with Gasteiger partial charge in [-0.15, -0.1) is 0 Å². The Hall–Kier alpha value is -2.77. The van der Waals surface area contributed by atoms with Gasteiger partial charge in [0.25, 0.3) is 5.91 Å². The highest BCUT2D eigenvalue weighted by molar-refractivity contribution is 6.30. The third-order valence-corrected chi connectivity index (χ3v) is 6.81. The largest absolute Gasteiger partial charge is 0.493 e. The van der Waals surface area contributed by atoms with Crippen molar-refractivity contribution < 1.29 is 13.9 Å². The Bertz CT molecular complexity index is 1080. The first kappa shape index (κ1) is 22.0. The highest BCUT2D eigenvalue weighted by Gasteiger charge is 2.33. The SMILES string of the molecule is O=C(Nc1ccc(OC[C@@H]2CCCN3CCCC[C@H]23)cc1)c1ccc(Cn2cc(Cl)cn2)o1. The average Bonchev–Trinajstić information content (AvgIpc) is 3.47. The number of halogens is 1. The first-order valence-electron chi connectivity index (χ1n) is 11.7. The van der Waals surface area contributed by atoms with Crippen LogP contribution in [-0.2, 0) is 6.54 Å². The number of hydrogen-bond donors (Lipinski definition) is 1. The van der Waals surface area contributed by atoms with E-state index < -0.39 is 0 Å². The molecule has 0 radical (unpaired) electrons. The lowest BCUT2D eigenvalue weighted by molar-refractivity contribution is 0.0366. The summed E-state index contributed by atoms with van der Waals surface area (Å²) in [7, 11) is 0. The van der Waals surface area contributed by atoms with Gasteiger partial charge in [-0.25, -0.2) is 0 Å². The van der Waals surface area contributed by atoms with E-state index in [0.717, 1.165) is 12.4 Å². The van der Waals surface area contributed by atoms with Crippen LogP contribution in [0.2, 0.25) is 5.02 Å². The number of carbonyl (C=O) groups excluding carboxylic acids is 1. The number of hydrogen-bond acceptors (Lipinski definition) is 5.